The standard InChI is InChI=1S/C21H32BNO4/c1-7-13-21(5,6)27-22(26-15(3)4)17-14-19(20(24)25-8-2)23-18-12-10-9-11-16(17)18/h11-12,14-15H,7-10,13H2,1-6H3. The molecule has 0 bridgehead atoms. The van der Waals surface area contributed by atoms with Gasteiger partial charge in [-0.1, -0.05) is 25.5 Å². The van der Waals surface area contributed by atoms with E-state index in [1.807, 2.05) is 13.8 Å². The minimum atomic E-state index is -0.570. The molecule has 1 aliphatic rings. The minimum Gasteiger partial charge on any atom is -0.461 e. The lowest BCUT2D eigenvalue weighted by Crippen LogP contribution is -2.56. The number of carbonyl (C=O) groups excluding carboxylic acids is 1. The van der Waals surface area contributed by atoms with Crippen molar-refractivity contribution in [3.8, 4) is 0 Å². The molecule has 0 amide bonds. The van der Waals surface area contributed by atoms with Gasteiger partial charge in [-0.15, -0.1) is 0 Å². The number of nitrogens with zero attached hydrogens (tertiary/aromatic N) is 1. The van der Waals surface area contributed by atoms with Crippen LogP contribution in [-0.4, -0.2) is 36.4 Å². The second-order valence-corrected chi connectivity index (χ2v) is 7.75. The molecular weight excluding hydrogens is 341 g/mol. The van der Waals surface area contributed by atoms with E-state index in [0.717, 1.165) is 41.7 Å². The highest BCUT2D eigenvalue weighted by Crippen LogP contribution is 2.18. The van der Waals surface area contributed by atoms with Crippen LogP contribution in [0.25, 0.3) is 12.2 Å². The van der Waals surface area contributed by atoms with Gasteiger partial charge in [-0.05, 0) is 70.6 Å². The van der Waals surface area contributed by atoms with Crippen LogP contribution in [0.3, 0.4) is 0 Å². The second kappa shape index (κ2) is 9.51. The summed E-state index contributed by atoms with van der Waals surface area (Å²) in [5, 5.41) is 1.79. The zero-order chi connectivity index (χ0) is 20.0. The van der Waals surface area contributed by atoms with E-state index in [2.05, 4.69) is 37.9 Å². The predicted octanol–water partition coefficient (Wildman–Crippen LogP) is 2.33. The number of ether oxygens (including phenoxy) is 1. The number of hydrogen-bond acceptors (Lipinski definition) is 5. The maximum Gasteiger partial charge on any atom is 0.495 e. The molecule has 0 N–H and O–H groups in total. The molecule has 148 valence electrons. The minimum absolute atomic E-state index is 0.0187. The topological polar surface area (TPSA) is 57.7 Å². The van der Waals surface area contributed by atoms with Gasteiger partial charge in [0.25, 0.3) is 0 Å². The lowest BCUT2D eigenvalue weighted by Gasteiger charge is -2.30. The van der Waals surface area contributed by atoms with Crippen molar-refractivity contribution in [3.63, 3.8) is 0 Å². The van der Waals surface area contributed by atoms with Gasteiger partial charge in [0.1, 0.15) is 5.69 Å². The molecule has 0 saturated heterocycles. The molecule has 0 atom stereocenters. The summed E-state index contributed by atoms with van der Waals surface area (Å²) in [4.78, 5) is 16.8. The lowest BCUT2D eigenvalue weighted by molar-refractivity contribution is 0.0519. The SMILES string of the molecule is CCCC(C)(C)OB(OC(C)C)c1cc(C(=O)OCC)nc2c1=CCCC=2. The van der Waals surface area contributed by atoms with Gasteiger partial charge in [-0.25, -0.2) is 9.78 Å². The molecule has 0 aliphatic heterocycles. The van der Waals surface area contributed by atoms with Crippen LogP contribution in [0.1, 0.15) is 77.7 Å². The number of rotatable bonds is 9. The third kappa shape index (κ3) is 5.91. The maximum absolute atomic E-state index is 12.3. The van der Waals surface area contributed by atoms with E-state index in [-0.39, 0.29) is 11.7 Å². The fraction of sp³-hybridized carbons (Fsp3) is 0.619. The zero-order valence-corrected chi connectivity index (χ0v) is 17.5. The Balaban J connectivity index is 2.56. The highest BCUT2D eigenvalue weighted by Gasteiger charge is 2.33. The van der Waals surface area contributed by atoms with Gasteiger partial charge in [0.05, 0.1) is 12.0 Å². The fourth-order valence-electron chi connectivity index (χ4n) is 3.29. The van der Waals surface area contributed by atoms with Crippen molar-refractivity contribution in [2.24, 2.45) is 0 Å². The van der Waals surface area contributed by atoms with Crippen LogP contribution >= 0.6 is 0 Å². The van der Waals surface area contributed by atoms with Gasteiger partial charge in [0.2, 0.25) is 0 Å². The first-order valence-corrected chi connectivity index (χ1v) is 9.99. The van der Waals surface area contributed by atoms with E-state index < -0.39 is 13.1 Å². The molecule has 1 aliphatic carbocycles. The summed E-state index contributed by atoms with van der Waals surface area (Å²) in [6.45, 7) is 12.4. The molecule has 0 radical (unpaired) electrons. The van der Waals surface area contributed by atoms with Gasteiger partial charge in [0.15, 0.2) is 0 Å². The van der Waals surface area contributed by atoms with Crippen LogP contribution in [-0.2, 0) is 14.0 Å². The van der Waals surface area contributed by atoms with E-state index in [1.165, 1.54) is 0 Å². The van der Waals surface area contributed by atoms with Crippen molar-refractivity contribution in [2.45, 2.75) is 78.9 Å². The molecule has 0 unspecified atom stereocenters. The van der Waals surface area contributed by atoms with Crippen molar-refractivity contribution in [3.05, 3.63) is 22.3 Å². The van der Waals surface area contributed by atoms with Crippen LogP contribution in [0.4, 0.5) is 0 Å². The average molecular weight is 373 g/mol. The molecule has 1 aromatic heterocycles. The van der Waals surface area contributed by atoms with Crippen LogP contribution in [0.5, 0.6) is 0 Å². The third-order valence-electron chi connectivity index (χ3n) is 4.39. The van der Waals surface area contributed by atoms with Gasteiger partial charge in [0, 0.05) is 11.7 Å². The van der Waals surface area contributed by atoms with E-state index in [1.54, 1.807) is 13.0 Å². The van der Waals surface area contributed by atoms with Crippen LogP contribution < -0.4 is 16.0 Å². The Kier molecular flexibility index (Phi) is 7.63. The van der Waals surface area contributed by atoms with Crippen LogP contribution in [0, 0.1) is 0 Å². The quantitative estimate of drug-likeness (QED) is 0.491. The summed E-state index contributed by atoms with van der Waals surface area (Å²) >= 11 is 0. The Morgan fingerprint density at radius 3 is 2.59 bits per heavy atom. The Hall–Kier alpha value is -1.66. The molecule has 0 fully saturated rings. The van der Waals surface area contributed by atoms with Crippen LogP contribution in [0.2, 0.25) is 0 Å². The van der Waals surface area contributed by atoms with E-state index in [4.69, 9.17) is 14.0 Å². The molecule has 1 heterocycles. The molecule has 5 nitrogen and oxygen atoms in total. The molecule has 1 aromatic rings. The first-order chi connectivity index (χ1) is 12.8. The molecule has 0 aromatic carbocycles. The molecule has 0 spiro atoms. The first-order valence-electron chi connectivity index (χ1n) is 9.99. The van der Waals surface area contributed by atoms with E-state index >= 15 is 0 Å². The number of hydrogen-bond donors (Lipinski definition) is 0. The summed E-state index contributed by atoms with van der Waals surface area (Å²) in [5.74, 6) is -0.420. The summed E-state index contributed by atoms with van der Waals surface area (Å²) in [6.07, 6.45) is 7.97. The zero-order valence-electron chi connectivity index (χ0n) is 17.5. The normalized spacial score (nSPS) is 13.6. The Morgan fingerprint density at radius 1 is 1.26 bits per heavy atom. The average Bonchev–Trinajstić information content (AvgIpc) is 2.59. The predicted molar refractivity (Wildman–Crippen MR) is 109 cm³/mol. The van der Waals surface area contributed by atoms with Gasteiger partial charge >= 0.3 is 13.1 Å². The number of aromatic nitrogens is 1. The van der Waals surface area contributed by atoms with Gasteiger partial charge in [-0.2, -0.15) is 0 Å². The van der Waals surface area contributed by atoms with Gasteiger partial charge < -0.3 is 14.0 Å². The lowest BCUT2D eigenvalue weighted by atomic mass is 9.75. The largest absolute Gasteiger partial charge is 0.495 e. The molecular formula is C21H32BNO4. The van der Waals surface area contributed by atoms with E-state index in [0.29, 0.717) is 12.3 Å². The van der Waals surface area contributed by atoms with Crippen LogP contribution in [0.15, 0.2) is 6.07 Å². The monoisotopic (exact) mass is 373 g/mol. The van der Waals surface area contributed by atoms with E-state index in [9.17, 15) is 4.79 Å². The molecule has 2 rings (SSSR count). The fourth-order valence-corrected chi connectivity index (χ4v) is 3.29. The highest BCUT2D eigenvalue weighted by atomic mass is 16.6. The Labute approximate surface area is 162 Å². The third-order valence-corrected chi connectivity index (χ3v) is 4.39. The highest BCUT2D eigenvalue weighted by molar-refractivity contribution is 6.61. The Morgan fingerprint density at radius 2 is 1.96 bits per heavy atom. The molecule has 27 heavy (non-hydrogen) atoms. The van der Waals surface area contributed by atoms with Crippen molar-refractivity contribution in [1.29, 1.82) is 0 Å². The molecule has 6 heteroatoms. The van der Waals surface area contributed by atoms with Crippen molar-refractivity contribution >= 4 is 30.7 Å². The number of carbonyl (C=O) groups is 1. The van der Waals surface area contributed by atoms with Crippen molar-refractivity contribution in [1.82, 2.24) is 4.98 Å². The Bertz CT molecular complexity index is 773. The van der Waals surface area contributed by atoms with Gasteiger partial charge in [-0.3, -0.25) is 0 Å². The smallest absolute Gasteiger partial charge is 0.461 e. The number of esters is 1. The van der Waals surface area contributed by atoms with Crippen molar-refractivity contribution < 1.29 is 18.8 Å². The summed E-state index contributed by atoms with van der Waals surface area (Å²) in [6, 6.07) is 1.77. The number of pyridine rings is 1. The summed E-state index contributed by atoms with van der Waals surface area (Å²) in [5.41, 5.74) is 0.802. The molecule has 0 saturated carbocycles. The maximum atomic E-state index is 12.3. The summed E-state index contributed by atoms with van der Waals surface area (Å²) < 4.78 is 17.7. The number of fused-ring (bicyclic) bond motifs is 1. The second-order valence-electron chi connectivity index (χ2n) is 7.75. The summed E-state index contributed by atoms with van der Waals surface area (Å²) in [7, 11) is -0.570. The first kappa shape index (κ1) is 21.6. The van der Waals surface area contributed by atoms with Crippen molar-refractivity contribution in [2.75, 3.05) is 6.61 Å².